The highest BCUT2D eigenvalue weighted by Gasteiger charge is 2.07. The maximum Gasteiger partial charge on any atom is 0.251 e. The number of benzene rings is 1. The van der Waals surface area contributed by atoms with Crippen molar-refractivity contribution >= 4 is 0 Å². The summed E-state index contributed by atoms with van der Waals surface area (Å²) in [4.78, 5) is 18.3. The molecule has 4 nitrogen and oxygen atoms in total. The van der Waals surface area contributed by atoms with Crippen LogP contribution in [0.3, 0.4) is 0 Å². The zero-order chi connectivity index (χ0) is 13.1. The van der Waals surface area contributed by atoms with Crippen LogP contribution in [0.25, 0.3) is 11.3 Å². The Labute approximate surface area is 103 Å². The zero-order valence-electron chi connectivity index (χ0n) is 10.2. The topological polar surface area (TPSA) is 55.0 Å². The summed E-state index contributed by atoms with van der Waals surface area (Å²) in [6.45, 7) is 1.89. The lowest BCUT2D eigenvalue weighted by molar-refractivity contribution is 0.386. The van der Waals surface area contributed by atoms with Crippen molar-refractivity contribution < 1.29 is 9.13 Å². The Morgan fingerprint density at radius 1 is 1.39 bits per heavy atom. The van der Waals surface area contributed by atoms with Crippen LogP contribution in [0.2, 0.25) is 0 Å². The Balaban J connectivity index is 2.51. The van der Waals surface area contributed by atoms with Crippen LogP contribution in [-0.4, -0.2) is 17.1 Å². The Morgan fingerprint density at radius 2 is 2.17 bits per heavy atom. The molecule has 1 aromatic heterocycles. The number of ether oxygens (including phenoxy) is 1. The second kappa shape index (κ2) is 5.00. The van der Waals surface area contributed by atoms with Gasteiger partial charge in [0.25, 0.3) is 5.56 Å². The predicted molar refractivity (Wildman–Crippen MR) is 66.2 cm³/mol. The first-order chi connectivity index (χ1) is 8.63. The van der Waals surface area contributed by atoms with E-state index in [0.717, 1.165) is 0 Å². The summed E-state index contributed by atoms with van der Waals surface area (Å²) in [7, 11) is 1.40. The number of H-pyrrole nitrogens is 1. The molecule has 0 spiro atoms. The fraction of sp³-hybridized carbons (Fsp3) is 0.231. The van der Waals surface area contributed by atoms with Crippen molar-refractivity contribution in [2.75, 3.05) is 7.11 Å². The summed E-state index contributed by atoms with van der Waals surface area (Å²) in [6.07, 6.45) is 0.613. The lowest BCUT2D eigenvalue weighted by Gasteiger charge is -2.05. The minimum absolute atomic E-state index is 0.166. The third kappa shape index (κ3) is 2.40. The summed E-state index contributed by atoms with van der Waals surface area (Å²) in [5, 5.41) is 0. The van der Waals surface area contributed by atoms with E-state index >= 15 is 0 Å². The maximum atomic E-state index is 13.6. The molecule has 1 N–H and O–H groups in total. The maximum absolute atomic E-state index is 13.6. The Kier molecular flexibility index (Phi) is 3.41. The summed E-state index contributed by atoms with van der Waals surface area (Å²) < 4.78 is 18.4. The SMILES string of the molecule is CCc1nc(-c2ccc(OC)c(F)c2)cc(=O)[nH]1. The van der Waals surface area contributed by atoms with Crippen molar-refractivity contribution in [1.82, 2.24) is 9.97 Å². The van der Waals surface area contributed by atoms with E-state index in [4.69, 9.17) is 4.74 Å². The van der Waals surface area contributed by atoms with Gasteiger partial charge in [0.2, 0.25) is 0 Å². The van der Waals surface area contributed by atoms with Gasteiger partial charge in [-0.15, -0.1) is 0 Å². The molecule has 0 saturated heterocycles. The monoisotopic (exact) mass is 248 g/mol. The summed E-state index contributed by atoms with van der Waals surface area (Å²) in [6, 6.07) is 5.84. The van der Waals surface area contributed by atoms with Crippen molar-refractivity contribution in [2.45, 2.75) is 13.3 Å². The molecule has 0 bridgehead atoms. The van der Waals surface area contributed by atoms with Gasteiger partial charge in [0.05, 0.1) is 12.8 Å². The number of methoxy groups -OCH3 is 1. The molecule has 0 saturated carbocycles. The average molecular weight is 248 g/mol. The van der Waals surface area contributed by atoms with Crippen LogP contribution >= 0.6 is 0 Å². The molecule has 0 aliphatic heterocycles. The second-order valence-electron chi connectivity index (χ2n) is 3.78. The summed E-state index contributed by atoms with van der Waals surface area (Å²) in [5.74, 6) is 0.267. The molecule has 2 aromatic rings. The van der Waals surface area contributed by atoms with Gasteiger partial charge in [0.15, 0.2) is 11.6 Å². The molecule has 18 heavy (non-hydrogen) atoms. The van der Waals surface area contributed by atoms with E-state index in [1.165, 1.54) is 25.3 Å². The molecule has 0 atom stereocenters. The van der Waals surface area contributed by atoms with Gasteiger partial charge in [-0.25, -0.2) is 9.37 Å². The lowest BCUT2D eigenvalue weighted by atomic mass is 10.1. The van der Waals surface area contributed by atoms with Gasteiger partial charge in [0.1, 0.15) is 5.82 Å². The van der Waals surface area contributed by atoms with E-state index in [0.29, 0.717) is 23.5 Å². The van der Waals surface area contributed by atoms with Gasteiger partial charge < -0.3 is 9.72 Å². The Bertz CT molecular complexity index is 623. The molecule has 2 rings (SSSR count). The zero-order valence-corrected chi connectivity index (χ0v) is 10.2. The van der Waals surface area contributed by atoms with Gasteiger partial charge in [0, 0.05) is 18.1 Å². The fourth-order valence-corrected chi connectivity index (χ4v) is 1.65. The van der Waals surface area contributed by atoms with Crippen molar-refractivity contribution in [3.63, 3.8) is 0 Å². The van der Waals surface area contributed by atoms with E-state index in [-0.39, 0.29) is 11.3 Å². The van der Waals surface area contributed by atoms with E-state index < -0.39 is 5.82 Å². The number of hydrogen-bond acceptors (Lipinski definition) is 3. The van der Waals surface area contributed by atoms with Gasteiger partial charge in [-0.3, -0.25) is 4.79 Å². The summed E-state index contributed by atoms with van der Waals surface area (Å²) >= 11 is 0. The van der Waals surface area contributed by atoms with Gasteiger partial charge in [-0.1, -0.05) is 6.92 Å². The highest BCUT2D eigenvalue weighted by molar-refractivity contribution is 5.60. The number of aromatic nitrogens is 2. The molecule has 5 heteroatoms. The Morgan fingerprint density at radius 3 is 2.78 bits per heavy atom. The highest BCUT2D eigenvalue weighted by Crippen LogP contribution is 2.23. The first kappa shape index (κ1) is 12.3. The molecule has 0 fully saturated rings. The molecule has 0 radical (unpaired) electrons. The molecule has 94 valence electrons. The number of halogens is 1. The van der Waals surface area contributed by atoms with E-state index in [1.54, 1.807) is 6.07 Å². The lowest BCUT2D eigenvalue weighted by Crippen LogP contribution is -2.10. The van der Waals surface area contributed by atoms with Gasteiger partial charge >= 0.3 is 0 Å². The largest absolute Gasteiger partial charge is 0.494 e. The molecule has 0 aliphatic carbocycles. The van der Waals surface area contributed by atoms with Crippen LogP contribution in [0.5, 0.6) is 5.75 Å². The first-order valence-corrected chi connectivity index (χ1v) is 5.58. The van der Waals surface area contributed by atoms with E-state index in [1.807, 2.05) is 6.92 Å². The quantitative estimate of drug-likeness (QED) is 0.905. The number of aromatic amines is 1. The third-order valence-electron chi connectivity index (χ3n) is 2.57. The molecule has 1 aromatic carbocycles. The van der Waals surface area contributed by atoms with Crippen molar-refractivity contribution in [3.8, 4) is 17.0 Å². The molecule has 0 unspecified atom stereocenters. The van der Waals surface area contributed by atoms with Crippen LogP contribution in [0.1, 0.15) is 12.7 Å². The predicted octanol–water partition coefficient (Wildman–Crippen LogP) is 2.15. The molecular formula is C13H13FN2O2. The number of aryl methyl sites for hydroxylation is 1. The second-order valence-corrected chi connectivity index (χ2v) is 3.78. The molecule has 1 heterocycles. The molecule has 0 amide bonds. The van der Waals surface area contributed by atoms with E-state index in [2.05, 4.69) is 9.97 Å². The first-order valence-electron chi connectivity index (χ1n) is 5.58. The number of rotatable bonds is 3. The fourth-order valence-electron chi connectivity index (χ4n) is 1.65. The van der Waals surface area contributed by atoms with Crippen molar-refractivity contribution in [3.05, 3.63) is 46.3 Å². The van der Waals surface area contributed by atoms with Gasteiger partial charge in [-0.05, 0) is 18.2 Å². The van der Waals surface area contributed by atoms with Gasteiger partial charge in [-0.2, -0.15) is 0 Å². The van der Waals surface area contributed by atoms with Crippen molar-refractivity contribution in [2.24, 2.45) is 0 Å². The third-order valence-corrected chi connectivity index (χ3v) is 2.57. The molecular weight excluding hydrogens is 235 g/mol. The summed E-state index contributed by atoms with van der Waals surface area (Å²) in [5.41, 5.74) is 0.763. The van der Waals surface area contributed by atoms with Crippen LogP contribution in [-0.2, 0) is 6.42 Å². The average Bonchev–Trinajstić information content (AvgIpc) is 2.37. The van der Waals surface area contributed by atoms with Crippen LogP contribution in [0, 0.1) is 5.82 Å². The number of nitrogens with zero attached hydrogens (tertiary/aromatic N) is 1. The minimum Gasteiger partial charge on any atom is -0.494 e. The van der Waals surface area contributed by atoms with Crippen LogP contribution in [0.4, 0.5) is 4.39 Å². The van der Waals surface area contributed by atoms with Crippen LogP contribution < -0.4 is 10.3 Å². The number of hydrogen-bond donors (Lipinski definition) is 1. The smallest absolute Gasteiger partial charge is 0.251 e. The normalized spacial score (nSPS) is 10.4. The minimum atomic E-state index is -0.477. The Hall–Kier alpha value is -2.17. The number of nitrogens with one attached hydrogen (secondary N) is 1. The standard InChI is InChI=1S/C13H13FN2O2/c1-3-12-15-10(7-13(17)16-12)8-4-5-11(18-2)9(14)6-8/h4-7H,3H2,1-2H3,(H,15,16,17). The molecule has 0 aliphatic rings. The highest BCUT2D eigenvalue weighted by atomic mass is 19.1. The van der Waals surface area contributed by atoms with E-state index in [9.17, 15) is 9.18 Å². The van der Waals surface area contributed by atoms with Crippen LogP contribution in [0.15, 0.2) is 29.1 Å². The van der Waals surface area contributed by atoms with Crippen molar-refractivity contribution in [1.29, 1.82) is 0 Å².